The van der Waals surface area contributed by atoms with Crippen LogP contribution in [0.15, 0.2) is 54.9 Å². The summed E-state index contributed by atoms with van der Waals surface area (Å²) >= 11 is 0. The molecular weight excluding hydrogens is 346 g/mol. The number of methoxy groups -OCH3 is 1. The van der Waals surface area contributed by atoms with E-state index in [0.717, 1.165) is 11.1 Å². The van der Waals surface area contributed by atoms with Crippen LogP contribution in [0.4, 0.5) is 5.82 Å². The number of aromatic hydroxyl groups is 1. The van der Waals surface area contributed by atoms with Crippen LogP contribution in [-0.4, -0.2) is 33.3 Å². The van der Waals surface area contributed by atoms with Crippen LogP contribution in [0.1, 0.15) is 28.9 Å². The van der Waals surface area contributed by atoms with Gasteiger partial charge in [-0.3, -0.25) is 4.98 Å². The molecule has 0 saturated heterocycles. The first-order chi connectivity index (χ1) is 13.0. The number of carboxylic acids is 1. The Kier molecular flexibility index (Phi) is 5.21. The summed E-state index contributed by atoms with van der Waals surface area (Å²) < 4.78 is 5.13. The Bertz CT molecular complexity index is 958. The third-order valence-electron chi connectivity index (χ3n) is 4.13. The molecule has 27 heavy (non-hydrogen) atoms. The number of aromatic nitrogens is 2. The van der Waals surface area contributed by atoms with Crippen LogP contribution in [-0.2, 0) is 0 Å². The summed E-state index contributed by atoms with van der Waals surface area (Å²) in [6.07, 6.45) is 3.24. The molecule has 0 aliphatic heterocycles. The first-order valence-corrected chi connectivity index (χ1v) is 8.27. The van der Waals surface area contributed by atoms with Crippen molar-refractivity contribution >= 4 is 11.8 Å². The molecular formula is C20H19N3O4. The SMILES string of the molecule is COc1cc(-c2cncc(NC(C)c3ccc(C(=O)O)cc3)n2)ccc1O. The van der Waals surface area contributed by atoms with Crippen molar-refractivity contribution in [1.29, 1.82) is 0 Å². The molecule has 1 unspecified atom stereocenters. The Morgan fingerprint density at radius 2 is 1.89 bits per heavy atom. The van der Waals surface area contributed by atoms with E-state index in [1.54, 1.807) is 54.9 Å². The van der Waals surface area contributed by atoms with Crippen molar-refractivity contribution in [3.63, 3.8) is 0 Å². The number of nitrogens with zero attached hydrogens (tertiary/aromatic N) is 2. The van der Waals surface area contributed by atoms with Crippen LogP contribution in [0.5, 0.6) is 11.5 Å². The number of aromatic carboxylic acids is 1. The zero-order valence-corrected chi connectivity index (χ0v) is 14.9. The second-order valence-corrected chi connectivity index (χ2v) is 5.97. The number of carbonyl (C=O) groups is 1. The third-order valence-corrected chi connectivity index (χ3v) is 4.13. The highest BCUT2D eigenvalue weighted by Gasteiger charge is 2.11. The van der Waals surface area contributed by atoms with Crippen molar-refractivity contribution in [1.82, 2.24) is 9.97 Å². The summed E-state index contributed by atoms with van der Waals surface area (Å²) in [6.45, 7) is 1.95. The van der Waals surface area contributed by atoms with Crippen LogP contribution in [0, 0.1) is 0 Å². The number of hydrogen-bond donors (Lipinski definition) is 3. The van der Waals surface area contributed by atoms with Gasteiger partial charge in [0.05, 0.1) is 30.8 Å². The van der Waals surface area contributed by atoms with Crippen molar-refractivity contribution in [2.45, 2.75) is 13.0 Å². The topological polar surface area (TPSA) is 105 Å². The second kappa shape index (κ2) is 7.74. The fraction of sp³-hybridized carbons (Fsp3) is 0.150. The summed E-state index contributed by atoms with van der Waals surface area (Å²) in [6, 6.07) is 11.6. The molecule has 0 saturated carbocycles. The highest BCUT2D eigenvalue weighted by Crippen LogP contribution is 2.31. The molecule has 7 nitrogen and oxygen atoms in total. The lowest BCUT2D eigenvalue weighted by atomic mass is 10.1. The van der Waals surface area contributed by atoms with Crippen molar-refractivity contribution in [3.8, 4) is 22.8 Å². The monoisotopic (exact) mass is 365 g/mol. The predicted molar refractivity (Wildman–Crippen MR) is 101 cm³/mol. The van der Waals surface area contributed by atoms with E-state index < -0.39 is 5.97 Å². The van der Waals surface area contributed by atoms with E-state index in [0.29, 0.717) is 17.3 Å². The van der Waals surface area contributed by atoms with E-state index in [2.05, 4.69) is 15.3 Å². The number of benzene rings is 2. The van der Waals surface area contributed by atoms with Gasteiger partial charge in [0.15, 0.2) is 11.5 Å². The number of carboxylic acid groups (broad SMARTS) is 1. The summed E-state index contributed by atoms with van der Waals surface area (Å²) in [5.74, 6) is 0.0425. The smallest absolute Gasteiger partial charge is 0.335 e. The number of hydrogen-bond acceptors (Lipinski definition) is 6. The summed E-state index contributed by atoms with van der Waals surface area (Å²) in [7, 11) is 1.49. The van der Waals surface area contributed by atoms with Gasteiger partial charge in [-0.15, -0.1) is 0 Å². The fourth-order valence-electron chi connectivity index (χ4n) is 2.63. The van der Waals surface area contributed by atoms with E-state index >= 15 is 0 Å². The Balaban J connectivity index is 1.80. The molecule has 3 aromatic rings. The van der Waals surface area contributed by atoms with Gasteiger partial charge in [-0.25, -0.2) is 9.78 Å². The molecule has 1 aromatic heterocycles. The van der Waals surface area contributed by atoms with Crippen LogP contribution in [0.2, 0.25) is 0 Å². The summed E-state index contributed by atoms with van der Waals surface area (Å²) in [5.41, 5.74) is 2.57. The molecule has 138 valence electrons. The van der Waals surface area contributed by atoms with Crippen molar-refractivity contribution in [3.05, 3.63) is 66.0 Å². The lowest BCUT2D eigenvalue weighted by Crippen LogP contribution is -2.09. The van der Waals surface area contributed by atoms with Crippen LogP contribution >= 0.6 is 0 Å². The molecule has 2 aromatic carbocycles. The lowest BCUT2D eigenvalue weighted by molar-refractivity contribution is 0.0697. The van der Waals surface area contributed by atoms with Gasteiger partial charge >= 0.3 is 5.97 Å². The van der Waals surface area contributed by atoms with Gasteiger partial charge in [0.25, 0.3) is 0 Å². The summed E-state index contributed by atoms with van der Waals surface area (Å²) in [4.78, 5) is 19.7. The van der Waals surface area contributed by atoms with Gasteiger partial charge in [0, 0.05) is 11.6 Å². The fourth-order valence-corrected chi connectivity index (χ4v) is 2.63. The normalized spacial score (nSPS) is 11.6. The first-order valence-electron chi connectivity index (χ1n) is 8.27. The maximum atomic E-state index is 11.0. The average molecular weight is 365 g/mol. The molecule has 0 aliphatic carbocycles. The average Bonchev–Trinajstić information content (AvgIpc) is 2.68. The molecule has 0 fully saturated rings. The van der Waals surface area contributed by atoms with Crippen LogP contribution < -0.4 is 10.1 Å². The molecule has 0 amide bonds. The highest BCUT2D eigenvalue weighted by atomic mass is 16.5. The Morgan fingerprint density at radius 3 is 2.56 bits per heavy atom. The molecule has 0 aliphatic rings. The van der Waals surface area contributed by atoms with Gasteiger partial charge in [-0.2, -0.15) is 0 Å². The second-order valence-electron chi connectivity index (χ2n) is 5.97. The molecule has 3 rings (SSSR count). The quantitative estimate of drug-likeness (QED) is 0.611. The lowest BCUT2D eigenvalue weighted by Gasteiger charge is -2.15. The number of ether oxygens (including phenoxy) is 1. The van der Waals surface area contributed by atoms with E-state index in [9.17, 15) is 9.90 Å². The number of rotatable bonds is 6. The van der Waals surface area contributed by atoms with E-state index in [1.807, 2.05) is 6.92 Å². The molecule has 0 spiro atoms. The third kappa shape index (κ3) is 4.14. The van der Waals surface area contributed by atoms with Gasteiger partial charge in [-0.05, 0) is 42.8 Å². The molecule has 0 bridgehead atoms. The number of phenols is 1. The van der Waals surface area contributed by atoms with Crippen molar-refractivity contribution in [2.24, 2.45) is 0 Å². The minimum atomic E-state index is -0.954. The van der Waals surface area contributed by atoms with Crippen molar-refractivity contribution in [2.75, 3.05) is 12.4 Å². The zero-order valence-electron chi connectivity index (χ0n) is 14.9. The Morgan fingerprint density at radius 1 is 1.15 bits per heavy atom. The minimum absolute atomic E-state index is 0.0573. The van der Waals surface area contributed by atoms with Gasteiger partial charge in [0.2, 0.25) is 0 Å². The standard InChI is InChI=1S/C20H19N3O4/c1-12(13-3-5-14(6-4-13)20(25)26)22-19-11-21-10-16(23-19)15-7-8-17(24)18(9-15)27-2/h3-12,24H,1-2H3,(H,22,23)(H,25,26). The van der Waals surface area contributed by atoms with E-state index in [4.69, 9.17) is 9.84 Å². The predicted octanol–water partition coefficient (Wildman–Crippen LogP) is 3.73. The molecule has 1 atom stereocenters. The number of anilines is 1. The largest absolute Gasteiger partial charge is 0.504 e. The van der Waals surface area contributed by atoms with E-state index in [-0.39, 0.29) is 17.4 Å². The van der Waals surface area contributed by atoms with Crippen LogP contribution in [0.25, 0.3) is 11.3 Å². The van der Waals surface area contributed by atoms with Crippen molar-refractivity contribution < 1.29 is 19.7 Å². The maximum Gasteiger partial charge on any atom is 0.335 e. The minimum Gasteiger partial charge on any atom is -0.504 e. The summed E-state index contributed by atoms with van der Waals surface area (Å²) in [5, 5.41) is 22.0. The zero-order chi connectivity index (χ0) is 19.4. The highest BCUT2D eigenvalue weighted by molar-refractivity contribution is 5.87. The number of phenolic OH excluding ortho intramolecular Hbond substituents is 1. The van der Waals surface area contributed by atoms with Gasteiger partial charge < -0.3 is 20.3 Å². The molecule has 0 radical (unpaired) electrons. The maximum absolute atomic E-state index is 11.0. The Hall–Kier alpha value is -3.61. The molecule has 1 heterocycles. The first kappa shape index (κ1) is 18.2. The number of nitrogens with one attached hydrogen (secondary N) is 1. The van der Waals surface area contributed by atoms with Gasteiger partial charge in [-0.1, -0.05) is 12.1 Å². The molecule has 7 heteroatoms. The van der Waals surface area contributed by atoms with Crippen LogP contribution in [0.3, 0.4) is 0 Å². The Labute approximate surface area is 156 Å². The van der Waals surface area contributed by atoms with Gasteiger partial charge in [0.1, 0.15) is 5.82 Å². The van der Waals surface area contributed by atoms with E-state index in [1.165, 1.54) is 7.11 Å². The molecule has 3 N–H and O–H groups in total.